The molecule has 3 aromatic rings. The number of rotatable bonds is 7. The van der Waals surface area contributed by atoms with Gasteiger partial charge in [0.2, 0.25) is 0 Å². The zero-order chi connectivity index (χ0) is 25.4. The summed E-state index contributed by atoms with van der Waals surface area (Å²) in [6, 6.07) is 2.71. The van der Waals surface area contributed by atoms with Crippen LogP contribution in [-0.2, 0) is 19.2 Å². The van der Waals surface area contributed by atoms with Crippen LogP contribution in [0.15, 0.2) is 47.0 Å². The van der Waals surface area contributed by atoms with Crippen molar-refractivity contribution in [1.29, 1.82) is 0 Å². The summed E-state index contributed by atoms with van der Waals surface area (Å²) < 4.78 is 0. The van der Waals surface area contributed by atoms with E-state index in [0.717, 1.165) is 16.9 Å². The van der Waals surface area contributed by atoms with Gasteiger partial charge in [-0.25, -0.2) is 14.8 Å². The van der Waals surface area contributed by atoms with Crippen LogP contribution >= 0.6 is 34.4 Å². The number of carboxylic acids is 1. The fourth-order valence-corrected chi connectivity index (χ4v) is 6.70. The number of oxime groups is 1. The van der Waals surface area contributed by atoms with Crippen molar-refractivity contribution in [1.82, 2.24) is 25.2 Å². The predicted molar refractivity (Wildman–Crippen MR) is 135 cm³/mol. The molecule has 12 nitrogen and oxygen atoms in total. The highest BCUT2D eigenvalue weighted by atomic mass is 32.2. The molecule has 15 heteroatoms. The molecule has 2 unspecified atom stereocenters. The maximum atomic E-state index is 13.0. The van der Waals surface area contributed by atoms with Crippen LogP contribution < -0.4 is 11.1 Å². The summed E-state index contributed by atoms with van der Waals surface area (Å²) in [4.78, 5) is 57.3. The lowest BCUT2D eigenvalue weighted by molar-refractivity contribution is -0.149. The Morgan fingerprint density at radius 1 is 1.36 bits per heavy atom. The van der Waals surface area contributed by atoms with Crippen molar-refractivity contribution in [2.75, 3.05) is 18.6 Å². The number of nitrogens with one attached hydrogen (secondary N) is 1. The number of carbonyl (C=O) groups is 3. The fraction of sp³-hybridized carbons (Fsp3) is 0.190. The number of aliphatic carboxylic acids is 1. The van der Waals surface area contributed by atoms with Crippen molar-refractivity contribution in [3.8, 4) is 10.6 Å². The number of thioether (sulfide) groups is 1. The van der Waals surface area contributed by atoms with Crippen LogP contribution in [-0.4, -0.2) is 72.7 Å². The molecular weight excluding hydrogens is 526 g/mol. The van der Waals surface area contributed by atoms with Crippen LogP contribution in [0.4, 0.5) is 5.13 Å². The topological polar surface area (TPSA) is 173 Å². The summed E-state index contributed by atoms with van der Waals surface area (Å²) in [7, 11) is 1.28. The molecule has 0 radical (unpaired) electrons. The van der Waals surface area contributed by atoms with Gasteiger partial charge < -0.3 is 21.0 Å². The van der Waals surface area contributed by atoms with Crippen molar-refractivity contribution in [3.63, 3.8) is 0 Å². The van der Waals surface area contributed by atoms with Gasteiger partial charge in [-0.3, -0.25) is 19.5 Å². The largest absolute Gasteiger partial charge is 0.477 e. The second-order valence-electron chi connectivity index (χ2n) is 7.46. The number of β-lactam (4-membered cyclic amide) rings is 1. The molecule has 2 aliphatic heterocycles. The third-order valence-corrected chi connectivity index (χ3v) is 8.39. The number of pyridine rings is 1. The van der Waals surface area contributed by atoms with Gasteiger partial charge in [-0.15, -0.1) is 34.4 Å². The summed E-state index contributed by atoms with van der Waals surface area (Å²) in [6.07, 6.45) is 4.93. The summed E-state index contributed by atoms with van der Waals surface area (Å²) in [5.41, 5.74) is 6.91. The first-order valence-corrected chi connectivity index (χ1v) is 13.0. The number of carboxylic acid groups (broad SMARTS) is 1. The summed E-state index contributed by atoms with van der Waals surface area (Å²) in [5.74, 6) is -2.14. The molecule has 2 atom stereocenters. The Labute approximate surface area is 215 Å². The number of aromatic nitrogens is 3. The zero-order valence-electron chi connectivity index (χ0n) is 18.4. The van der Waals surface area contributed by atoms with Gasteiger partial charge in [0.25, 0.3) is 11.8 Å². The van der Waals surface area contributed by atoms with Gasteiger partial charge in [0.15, 0.2) is 10.8 Å². The van der Waals surface area contributed by atoms with Gasteiger partial charge in [-0.2, -0.15) is 0 Å². The molecule has 0 aliphatic carbocycles. The molecule has 3 aromatic heterocycles. The van der Waals surface area contributed by atoms with E-state index in [-0.39, 0.29) is 22.2 Å². The molecule has 2 amide bonds. The SMILES string of the molecule is CON=C(C(=O)NC1C(=O)N2C(C(=O)O)=C(c3cnc(-c4cccnc4)s3)CSC12)c1csc(N)n1. The van der Waals surface area contributed by atoms with Crippen molar-refractivity contribution in [2.45, 2.75) is 11.4 Å². The normalized spacial score (nSPS) is 19.5. The van der Waals surface area contributed by atoms with Gasteiger partial charge in [0, 0.05) is 40.9 Å². The molecule has 1 saturated heterocycles. The second-order valence-corrected chi connectivity index (χ2v) is 10.5. The molecule has 2 aliphatic rings. The van der Waals surface area contributed by atoms with Crippen LogP contribution in [0, 0.1) is 0 Å². The predicted octanol–water partition coefficient (Wildman–Crippen LogP) is 1.49. The number of hydrogen-bond donors (Lipinski definition) is 3. The van der Waals surface area contributed by atoms with Crippen molar-refractivity contribution in [2.24, 2.45) is 5.16 Å². The van der Waals surface area contributed by atoms with Gasteiger partial charge in [0.05, 0.1) is 4.88 Å². The average Bonchev–Trinajstić information content (AvgIpc) is 3.54. The Balaban J connectivity index is 1.39. The molecule has 0 aromatic carbocycles. The van der Waals surface area contributed by atoms with E-state index in [1.54, 1.807) is 30.0 Å². The molecule has 4 N–H and O–H groups in total. The first-order valence-electron chi connectivity index (χ1n) is 10.3. The highest BCUT2D eigenvalue weighted by Crippen LogP contribution is 2.44. The third kappa shape index (κ3) is 4.20. The van der Waals surface area contributed by atoms with Gasteiger partial charge in [-0.05, 0) is 12.1 Å². The number of thiazole rings is 2. The minimum absolute atomic E-state index is 0.117. The average molecular weight is 544 g/mol. The van der Waals surface area contributed by atoms with Crippen molar-refractivity contribution < 1.29 is 24.3 Å². The molecule has 0 spiro atoms. The van der Waals surface area contributed by atoms with Crippen LogP contribution in [0.3, 0.4) is 0 Å². The van der Waals surface area contributed by atoms with E-state index in [1.807, 2.05) is 6.07 Å². The molecule has 0 bridgehead atoms. The van der Waals surface area contributed by atoms with Crippen molar-refractivity contribution in [3.05, 3.63) is 52.4 Å². The number of carbonyl (C=O) groups excluding carboxylic acids is 2. The number of nitrogen functional groups attached to an aromatic ring is 1. The van der Waals surface area contributed by atoms with E-state index >= 15 is 0 Å². The van der Waals surface area contributed by atoms with E-state index in [1.165, 1.54) is 35.1 Å². The Morgan fingerprint density at radius 2 is 2.19 bits per heavy atom. The first kappa shape index (κ1) is 23.9. The third-order valence-electron chi connectivity index (χ3n) is 5.33. The first-order chi connectivity index (χ1) is 17.4. The number of amides is 2. The number of hydrogen-bond acceptors (Lipinski definition) is 12. The standard InChI is InChI=1S/C21H17N7O5S3/c1-33-27-13(11-8-35-21(22)25-11)16(29)26-14-18(30)28-15(20(31)32)10(7-34-19(14)28)12-6-24-17(36-12)9-3-2-4-23-5-9/h2-6,8,14,19H,7H2,1H3,(H2,22,25)(H,26,29)(H,31,32). The Morgan fingerprint density at radius 3 is 2.86 bits per heavy atom. The van der Waals surface area contributed by atoms with Crippen LogP contribution in [0.5, 0.6) is 0 Å². The minimum atomic E-state index is -1.23. The maximum absolute atomic E-state index is 13.0. The van der Waals surface area contributed by atoms with E-state index in [2.05, 4.69) is 25.4 Å². The molecule has 36 heavy (non-hydrogen) atoms. The lowest BCUT2D eigenvalue weighted by atomic mass is 10.0. The van der Waals surface area contributed by atoms with Gasteiger partial charge in [0.1, 0.15) is 34.9 Å². The highest BCUT2D eigenvalue weighted by Gasteiger charge is 2.54. The summed E-state index contributed by atoms with van der Waals surface area (Å²) in [5, 5.41) is 18.2. The number of nitrogens with zero attached hydrogens (tertiary/aromatic N) is 5. The van der Waals surface area contributed by atoms with Crippen LogP contribution in [0.25, 0.3) is 16.1 Å². The summed E-state index contributed by atoms with van der Waals surface area (Å²) in [6.45, 7) is 0. The second kappa shape index (κ2) is 9.67. The summed E-state index contributed by atoms with van der Waals surface area (Å²) >= 11 is 3.80. The Kier molecular flexibility index (Phi) is 6.42. The molecule has 0 saturated carbocycles. The Hall–Kier alpha value is -3.82. The van der Waals surface area contributed by atoms with Crippen molar-refractivity contribution >= 4 is 68.6 Å². The number of anilines is 1. The van der Waals surface area contributed by atoms with E-state index < -0.39 is 29.2 Å². The number of nitrogens with two attached hydrogens (primary N) is 1. The van der Waals surface area contributed by atoms with Crippen LogP contribution in [0.1, 0.15) is 10.6 Å². The molecule has 184 valence electrons. The molecule has 5 heterocycles. The molecule has 5 rings (SSSR count). The van der Waals surface area contributed by atoms with Crippen LogP contribution in [0.2, 0.25) is 0 Å². The molecular formula is C21H17N7O5S3. The Bertz CT molecular complexity index is 1420. The maximum Gasteiger partial charge on any atom is 0.353 e. The smallest absolute Gasteiger partial charge is 0.353 e. The number of fused-ring (bicyclic) bond motifs is 1. The van der Waals surface area contributed by atoms with Gasteiger partial charge in [-0.1, -0.05) is 5.16 Å². The van der Waals surface area contributed by atoms with E-state index in [9.17, 15) is 19.5 Å². The van der Waals surface area contributed by atoms with E-state index in [0.29, 0.717) is 21.2 Å². The minimum Gasteiger partial charge on any atom is -0.477 e. The highest BCUT2D eigenvalue weighted by molar-refractivity contribution is 8.00. The fourth-order valence-electron chi connectivity index (χ4n) is 3.75. The quantitative estimate of drug-likeness (QED) is 0.225. The monoisotopic (exact) mass is 543 g/mol. The van der Waals surface area contributed by atoms with E-state index in [4.69, 9.17) is 10.6 Å². The lowest BCUT2D eigenvalue weighted by Crippen LogP contribution is -2.71. The molecule has 1 fully saturated rings. The zero-order valence-corrected chi connectivity index (χ0v) is 20.9. The lowest BCUT2D eigenvalue weighted by Gasteiger charge is -2.49. The van der Waals surface area contributed by atoms with Gasteiger partial charge >= 0.3 is 5.97 Å².